The van der Waals surface area contributed by atoms with E-state index >= 15 is 0 Å². The van der Waals surface area contributed by atoms with Gasteiger partial charge in [-0.1, -0.05) is 60.2 Å². The van der Waals surface area contributed by atoms with E-state index in [1.807, 2.05) is 35.7 Å². The van der Waals surface area contributed by atoms with Gasteiger partial charge in [0.2, 0.25) is 0 Å². The third-order valence-corrected chi connectivity index (χ3v) is 4.90. The molecule has 25 heavy (non-hydrogen) atoms. The molecule has 0 aliphatic heterocycles. The van der Waals surface area contributed by atoms with E-state index in [2.05, 4.69) is 41.5 Å². The fourth-order valence-electron chi connectivity index (χ4n) is 2.54. The second kappa shape index (κ2) is 8.05. The molecule has 0 aliphatic carbocycles. The van der Waals surface area contributed by atoms with Crippen molar-refractivity contribution < 1.29 is 9.90 Å². The normalized spacial score (nSPS) is 12.0. The van der Waals surface area contributed by atoms with Gasteiger partial charge in [-0.25, -0.2) is 4.98 Å². The Morgan fingerprint density at radius 3 is 2.56 bits per heavy atom. The number of rotatable bonds is 7. The summed E-state index contributed by atoms with van der Waals surface area (Å²) < 4.78 is 0. The fourth-order valence-corrected chi connectivity index (χ4v) is 3.37. The highest BCUT2D eigenvalue weighted by atomic mass is 32.1. The number of hydrogen-bond donors (Lipinski definition) is 2. The molecule has 1 aromatic heterocycles. The molecule has 2 aromatic carbocycles. The number of aromatic nitrogens is 1. The van der Waals surface area contributed by atoms with Crippen LogP contribution in [0.15, 0.2) is 60.0 Å². The monoisotopic (exact) mass is 352 g/mol. The first-order chi connectivity index (χ1) is 12.1. The molecule has 3 rings (SSSR count). The number of nitrogens with one attached hydrogen (secondary N) is 1. The average molecular weight is 352 g/mol. The lowest BCUT2D eigenvalue weighted by Crippen LogP contribution is -2.38. The van der Waals surface area contributed by atoms with Crippen LogP contribution >= 0.6 is 11.3 Å². The SMILES string of the molecule is Cc1ccc(-c2nc(CN[C@@H](Cc3ccccc3)C(=O)O)cs2)cc1. The van der Waals surface area contributed by atoms with Crippen LogP contribution in [0.25, 0.3) is 10.6 Å². The molecule has 0 bridgehead atoms. The lowest BCUT2D eigenvalue weighted by Gasteiger charge is -2.13. The summed E-state index contributed by atoms with van der Waals surface area (Å²) >= 11 is 1.57. The van der Waals surface area contributed by atoms with Crippen LogP contribution in [0.3, 0.4) is 0 Å². The Bertz CT molecular complexity index is 828. The zero-order valence-corrected chi connectivity index (χ0v) is 14.8. The van der Waals surface area contributed by atoms with Gasteiger partial charge in [-0.05, 0) is 18.9 Å². The minimum atomic E-state index is -0.849. The van der Waals surface area contributed by atoms with Gasteiger partial charge < -0.3 is 5.11 Å². The van der Waals surface area contributed by atoms with Crippen molar-refractivity contribution in [2.45, 2.75) is 25.9 Å². The highest BCUT2D eigenvalue weighted by Crippen LogP contribution is 2.24. The molecule has 3 aromatic rings. The van der Waals surface area contributed by atoms with Gasteiger partial charge in [0.25, 0.3) is 0 Å². The van der Waals surface area contributed by atoms with E-state index in [1.54, 1.807) is 11.3 Å². The fraction of sp³-hybridized carbons (Fsp3) is 0.200. The summed E-state index contributed by atoms with van der Waals surface area (Å²) in [6.07, 6.45) is 0.450. The lowest BCUT2D eigenvalue weighted by molar-refractivity contribution is -0.139. The van der Waals surface area contributed by atoms with Gasteiger partial charge in [0.1, 0.15) is 11.0 Å². The van der Waals surface area contributed by atoms with Gasteiger partial charge in [-0.3, -0.25) is 10.1 Å². The number of carboxylic acids is 1. The summed E-state index contributed by atoms with van der Waals surface area (Å²) in [5.41, 5.74) is 4.16. The van der Waals surface area contributed by atoms with Crippen LogP contribution in [0, 0.1) is 6.92 Å². The first-order valence-corrected chi connectivity index (χ1v) is 9.01. The Hall–Kier alpha value is -2.50. The summed E-state index contributed by atoms with van der Waals surface area (Å²) in [7, 11) is 0. The highest BCUT2D eigenvalue weighted by molar-refractivity contribution is 7.13. The van der Waals surface area contributed by atoms with Gasteiger partial charge in [0, 0.05) is 17.5 Å². The Balaban J connectivity index is 1.63. The number of hydrogen-bond acceptors (Lipinski definition) is 4. The van der Waals surface area contributed by atoms with Gasteiger partial charge in [-0.2, -0.15) is 0 Å². The second-order valence-electron chi connectivity index (χ2n) is 5.97. The predicted octanol–water partition coefficient (Wildman–Crippen LogP) is 3.90. The van der Waals surface area contributed by atoms with Crippen LogP contribution in [0.4, 0.5) is 0 Å². The van der Waals surface area contributed by atoms with Gasteiger partial charge in [0.05, 0.1) is 5.69 Å². The summed E-state index contributed by atoms with van der Waals surface area (Å²) in [6, 6.07) is 17.3. The number of carboxylic acid groups (broad SMARTS) is 1. The molecule has 4 nitrogen and oxygen atoms in total. The molecule has 0 amide bonds. The molecule has 1 atom stereocenters. The first-order valence-electron chi connectivity index (χ1n) is 8.13. The van der Waals surface area contributed by atoms with Crippen molar-refractivity contribution in [3.8, 4) is 10.6 Å². The largest absolute Gasteiger partial charge is 0.480 e. The van der Waals surface area contributed by atoms with Gasteiger partial charge >= 0.3 is 5.97 Å². The number of thiazole rings is 1. The topological polar surface area (TPSA) is 62.2 Å². The zero-order valence-electron chi connectivity index (χ0n) is 14.0. The molecule has 0 saturated carbocycles. The maximum Gasteiger partial charge on any atom is 0.321 e. The van der Waals surface area contributed by atoms with Crippen LogP contribution < -0.4 is 5.32 Å². The van der Waals surface area contributed by atoms with Crippen LogP contribution in [0.1, 0.15) is 16.8 Å². The number of carbonyl (C=O) groups is 1. The van der Waals surface area contributed by atoms with Crippen molar-refractivity contribution >= 4 is 17.3 Å². The van der Waals surface area contributed by atoms with Crippen molar-refractivity contribution in [2.75, 3.05) is 0 Å². The zero-order chi connectivity index (χ0) is 17.6. The Morgan fingerprint density at radius 1 is 1.16 bits per heavy atom. The number of aryl methyl sites for hydroxylation is 1. The highest BCUT2D eigenvalue weighted by Gasteiger charge is 2.17. The minimum Gasteiger partial charge on any atom is -0.480 e. The number of benzene rings is 2. The predicted molar refractivity (Wildman–Crippen MR) is 101 cm³/mol. The second-order valence-corrected chi connectivity index (χ2v) is 6.83. The molecule has 128 valence electrons. The van der Waals surface area contributed by atoms with Crippen molar-refractivity contribution in [2.24, 2.45) is 0 Å². The van der Waals surface area contributed by atoms with Gasteiger partial charge in [0.15, 0.2) is 0 Å². The van der Waals surface area contributed by atoms with Crippen LogP contribution in [0.5, 0.6) is 0 Å². The van der Waals surface area contributed by atoms with E-state index in [9.17, 15) is 9.90 Å². The van der Waals surface area contributed by atoms with E-state index in [1.165, 1.54) is 5.56 Å². The number of nitrogens with zero attached hydrogens (tertiary/aromatic N) is 1. The first kappa shape index (κ1) is 17.3. The Labute approximate surface area is 151 Å². The van der Waals surface area contributed by atoms with Crippen molar-refractivity contribution in [3.63, 3.8) is 0 Å². The number of aliphatic carboxylic acids is 1. The molecule has 0 saturated heterocycles. The van der Waals surface area contributed by atoms with Crippen LogP contribution in [-0.2, 0) is 17.8 Å². The summed E-state index contributed by atoms with van der Waals surface area (Å²) in [5.74, 6) is -0.849. The molecule has 2 N–H and O–H groups in total. The van der Waals surface area contributed by atoms with Crippen LogP contribution in [0.2, 0.25) is 0 Å². The molecule has 0 radical (unpaired) electrons. The summed E-state index contributed by atoms with van der Waals surface area (Å²) in [5, 5.41) is 15.5. The maximum absolute atomic E-state index is 11.5. The van der Waals surface area contributed by atoms with E-state index in [0.29, 0.717) is 13.0 Å². The molecule has 0 aliphatic rings. The molecule has 0 unspecified atom stereocenters. The smallest absolute Gasteiger partial charge is 0.321 e. The third kappa shape index (κ3) is 4.75. The summed E-state index contributed by atoms with van der Waals surface area (Å²) in [4.78, 5) is 16.1. The van der Waals surface area contributed by atoms with Crippen molar-refractivity contribution in [1.82, 2.24) is 10.3 Å². The molecule has 0 spiro atoms. The lowest BCUT2D eigenvalue weighted by atomic mass is 10.1. The molecule has 1 heterocycles. The molecule has 5 heteroatoms. The van der Waals surface area contributed by atoms with E-state index < -0.39 is 12.0 Å². The molecular weight excluding hydrogens is 332 g/mol. The minimum absolute atomic E-state index is 0.437. The van der Waals surface area contributed by atoms with E-state index in [-0.39, 0.29) is 0 Å². The Kier molecular flexibility index (Phi) is 5.58. The molecular formula is C20H20N2O2S. The standard InChI is InChI=1S/C20H20N2O2S/c1-14-7-9-16(10-8-14)19-22-17(13-25-19)12-21-18(20(23)24)11-15-5-3-2-4-6-15/h2-10,13,18,21H,11-12H2,1H3,(H,23,24)/t18-/m0/s1. The maximum atomic E-state index is 11.5. The summed E-state index contributed by atoms with van der Waals surface area (Å²) in [6.45, 7) is 2.49. The average Bonchev–Trinajstić information content (AvgIpc) is 3.09. The van der Waals surface area contributed by atoms with E-state index in [4.69, 9.17) is 0 Å². The third-order valence-electron chi connectivity index (χ3n) is 3.96. The molecule has 0 fully saturated rings. The van der Waals surface area contributed by atoms with Crippen molar-refractivity contribution in [3.05, 3.63) is 76.8 Å². The van der Waals surface area contributed by atoms with E-state index in [0.717, 1.165) is 21.8 Å². The quantitative estimate of drug-likeness (QED) is 0.677. The van der Waals surface area contributed by atoms with Crippen molar-refractivity contribution in [1.29, 1.82) is 0 Å². The van der Waals surface area contributed by atoms with Gasteiger partial charge in [-0.15, -0.1) is 11.3 Å². The van der Waals surface area contributed by atoms with Crippen LogP contribution in [-0.4, -0.2) is 22.1 Å². The Morgan fingerprint density at radius 2 is 1.88 bits per heavy atom.